The molecule has 0 spiro atoms. The zero-order chi connectivity index (χ0) is 16.0. The molecule has 0 bridgehead atoms. The Bertz CT molecular complexity index is 645. The maximum absolute atomic E-state index is 11.9. The number of carbonyl (C=O) groups excluding carboxylic acids is 1. The Balaban J connectivity index is 1.89. The number of rotatable bonds is 4. The number of nitrogens with one attached hydrogen (secondary N) is 1. The summed E-state index contributed by atoms with van der Waals surface area (Å²) in [6.45, 7) is 3.87. The minimum Gasteiger partial charge on any atom is -0.390 e. The fourth-order valence-corrected chi connectivity index (χ4v) is 1.76. The Morgan fingerprint density at radius 2 is 2.23 bits per heavy atom. The third kappa shape index (κ3) is 4.31. The zero-order valence-electron chi connectivity index (χ0n) is 12.4. The van der Waals surface area contributed by atoms with Crippen LogP contribution in [0.5, 0.6) is 0 Å². The van der Waals surface area contributed by atoms with Crippen molar-refractivity contribution in [1.29, 1.82) is 5.26 Å². The number of carbonyl (C=O) groups is 1. The summed E-state index contributed by atoms with van der Waals surface area (Å²) < 4.78 is 0. The highest BCUT2D eigenvalue weighted by molar-refractivity contribution is 6.47. The number of nitrogens with zero attached hydrogens (tertiary/aromatic N) is 3. The molecule has 1 aromatic carbocycles. The summed E-state index contributed by atoms with van der Waals surface area (Å²) in [5.41, 5.74) is 0.0544. The van der Waals surface area contributed by atoms with Gasteiger partial charge in [-0.25, -0.2) is 0 Å². The summed E-state index contributed by atoms with van der Waals surface area (Å²) in [5, 5.41) is 18.8. The molecule has 1 heterocycles. The Hall–Kier alpha value is -2.88. The molecule has 0 saturated heterocycles. The summed E-state index contributed by atoms with van der Waals surface area (Å²) in [6.07, 6.45) is 0.447. The van der Waals surface area contributed by atoms with Gasteiger partial charge in [-0.3, -0.25) is 4.79 Å². The second kappa shape index (κ2) is 6.72. The average Bonchev–Trinajstić information content (AvgIpc) is 2.83. The predicted molar refractivity (Wildman–Crippen MR) is 79.6 cm³/mol. The van der Waals surface area contributed by atoms with E-state index in [0.29, 0.717) is 12.3 Å². The lowest BCUT2D eigenvalue weighted by Crippen LogP contribution is -2.36. The topological polar surface area (TPSA) is 96.1 Å². The van der Waals surface area contributed by atoms with E-state index >= 15 is 0 Å². The lowest BCUT2D eigenvalue weighted by atomic mass is 10.1. The minimum absolute atomic E-state index is 0.177. The van der Waals surface area contributed by atoms with Crippen LogP contribution in [0, 0.1) is 11.3 Å². The molecule has 22 heavy (non-hydrogen) atoms. The molecule has 1 aliphatic heterocycles. The van der Waals surface area contributed by atoms with E-state index in [9.17, 15) is 4.79 Å². The van der Waals surface area contributed by atoms with Gasteiger partial charge in [-0.2, -0.15) is 5.26 Å². The van der Waals surface area contributed by atoms with Gasteiger partial charge in [-0.15, -0.1) is 0 Å². The lowest BCUT2D eigenvalue weighted by Gasteiger charge is -2.12. The summed E-state index contributed by atoms with van der Waals surface area (Å²) in [4.78, 5) is 22.1. The predicted octanol–water partition coefficient (Wildman–Crippen LogP) is 1.71. The van der Waals surface area contributed by atoms with Gasteiger partial charge in [0.2, 0.25) is 5.71 Å². The van der Waals surface area contributed by atoms with Gasteiger partial charge < -0.3 is 15.0 Å². The maximum Gasteiger partial charge on any atom is 0.289 e. The maximum atomic E-state index is 11.9. The van der Waals surface area contributed by atoms with Gasteiger partial charge in [0, 0.05) is 0 Å². The van der Waals surface area contributed by atoms with Gasteiger partial charge in [0.15, 0.2) is 5.84 Å². The molecule has 0 aliphatic carbocycles. The van der Waals surface area contributed by atoms with Gasteiger partial charge in [0.1, 0.15) is 18.3 Å². The summed E-state index contributed by atoms with van der Waals surface area (Å²) in [5.74, 6) is -0.309. The van der Waals surface area contributed by atoms with E-state index in [1.54, 1.807) is 6.07 Å². The largest absolute Gasteiger partial charge is 0.390 e. The second-order valence-electron chi connectivity index (χ2n) is 5.33. The molecule has 1 amide bonds. The minimum atomic E-state index is -0.671. The van der Waals surface area contributed by atoms with Gasteiger partial charge in [-0.05, 0) is 19.4 Å². The van der Waals surface area contributed by atoms with E-state index < -0.39 is 11.5 Å². The molecular formula is C15H16N4O3. The van der Waals surface area contributed by atoms with Crippen LogP contribution >= 0.6 is 0 Å². The first-order valence-electron chi connectivity index (χ1n) is 6.70. The van der Waals surface area contributed by atoms with E-state index in [0.717, 1.165) is 5.56 Å². The number of amidine groups is 1. The van der Waals surface area contributed by atoms with Crippen molar-refractivity contribution in [2.45, 2.75) is 32.5 Å². The molecule has 0 unspecified atom stereocenters. The molecule has 1 N–H and O–H groups in total. The highest BCUT2D eigenvalue weighted by Gasteiger charge is 2.30. The Morgan fingerprint density at radius 1 is 1.50 bits per heavy atom. The Labute approximate surface area is 128 Å². The summed E-state index contributed by atoms with van der Waals surface area (Å²) >= 11 is 0. The normalized spacial score (nSPS) is 16.2. The second-order valence-corrected chi connectivity index (χ2v) is 5.33. The van der Waals surface area contributed by atoms with Crippen LogP contribution in [0.1, 0.15) is 25.8 Å². The van der Waals surface area contributed by atoms with Crippen LogP contribution in [0.15, 0.2) is 40.6 Å². The number of hydrogen-bond acceptors (Lipinski definition) is 6. The SMILES string of the molecule is CC1(C)CC(NC(=O)/C(C#N)=N/OCc2ccccc2)=NO1. The highest BCUT2D eigenvalue weighted by Crippen LogP contribution is 2.20. The van der Waals surface area contributed by atoms with Crippen LogP contribution in [0.25, 0.3) is 0 Å². The van der Waals surface area contributed by atoms with Crippen molar-refractivity contribution in [2.24, 2.45) is 10.3 Å². The number of amides is 1. The fraction of sp³-hybridized carbons (Fsp3) is 0.333. The van der Waals surface area contributed by atoms with Crippen molar-refractivity contribution in [2.75, 3.05) is 0 Å². The Morgan fingerprint density at radius 3 is 2.82 bits per heavy atom. The van der Waals surface area contributed by atoms with Crippen molar-refractivity contribution < 1.29 is 14.5 Å². The van der Waals surface area contributed by atoms with Crippen LogP contribution in [-0.4, -0.2) is 23.1 Å². The van der Waals surface area contributed by atoms with Crippen molar-refractivity contribution in [3.63, 3.8) is 0 Å². The van der Waals surface area contributed by atoms with Gasteiger partial charge in [0.25, 0.3) is 5.91 Å². The number of benzene rings is 1. The molecule has 1 aliphatic rings. The first kappa shape index (κ1) is 15.5. The van der Waals surface area contributed by atoms with E-state index in [1.807, 2.05) is 44.2 Å². The van der Waals surface area contributed by atoms with Crippen LogP contribution < -0.4 is 5.32 Å². The van der Waals surface area contributed by atoms with E-state index in [1.165, 1.54) is 0 Å². The molecule has 7 heteroatoms. The molecular weight excluding hydrogens is 284 g/mol. The summed E-state index contributed by atoms with van der Waals surface area (Å²) in [7, 11) is 0. The molecule has 0 radical (unpaired) electrons. The molecule has 0 aromatic heterocycles. The highest BCUT2D eigenvalue weighted by atomic mass is 16.7. The monoisotopic (exact) mass is 300 g/mol. The van der Waals surface area contributed by atoms with Gasteiger partial charge >= 0.3 is 0 Å². The molecule has 2 rings (SSSR count). The van der Waals surface area contributed by atoms with Crippen molar-refractivity contribution in [3.8, 4) is 6.07 Å². The van der Waals surface area contributed by atoms with Crippen LogP contribution in [0.3, 0.4) is 0 Å². The van der Waals surface area contributed by atoms with Crippen LogP contribution in [0.2, 0.25) is 0 Å². The quantitative estimate of drug-likeness (QED) is 0.676. The summed E-state index contributed by atoms with van der Waals surface area (Å²) in [6, 6.07) is 11.0. The molecule has 0 atom stereocenters. The van der Waals surface area contributed by atoms with Crippen molar-refractivity contribution in [1.82, 2.24) is 5.32 Å². The van der Waals surface area contributed by atoms with Gasteiger partial charge in [-0.1, -0.05) is 40.6 Å². The zero-order valence-corrected chi connectivity index (χ0v) is 12.4. The van der Waals surface area contributed by atoms with Crippen LogP contribution in [0.4, 0.5) is 0 Å². The van der Waals surface area contributed by atoms with Crippen molar-refractivity contribution >= 4 is 17.5 Å². The van der Waals surface area contributed by atoms with E-state index in [-0.39, 0.29) is 12.3 Å². The smallest absolute Gasteiger partial charge is 0.289 e. The van der Waals surface area contributed by atoms with Gasteiger partial charge in [0.05, 0.1) is 6.42 Å². The third-order valence-electron chi connectivity index (χ3n) is 2.80. The third-order valence-corrected chi connectivity index (χ3v) is 2.80. The fourth-order valence-electron chi connectivity index (χ4n) is 1.76. The standard InChI is InChI=1S/C15H16N4O3/c1-15(2)8-13(19-22-15)17-14(20)12(9-16)18-21-10-11-6-4-3-5-7-11/h3-7H,8,10H2,1-2H3,(H,17,19,20)/b18-12+. The Kier molecular flexibility index (Phi) is 4.73. The first-order chi connectivity index (χ1) is 10.5. The van der Waals surface area contributed by atoms with Crippen LogP contribution in [-0.2, 0) is 21.1 Å². The number of hydrogen-bond donors (Lipinski definition) is 1. The molecule has 0 fully saturated rings. The average molecular weight is 300 g/mol. The molecule has 0 saturated carbocycles. The molecule has 7 nitrogen and oxygen atoms in total. The van der Waals surface area contributed by atoms with E-state index in [2.05, 4.69) is 15.6 Å². The van der Waals surface area contributed by atoms with E-state index in [4.69, 9.17) is 14.9 Å². The molecule has 114 valence electrons. The van der Waals surface area contributed by atoms with Crippen molar-refractivity contribution in [3.05, 3.63) is 35.9 Å². The number of nitriles is 1. The molecule has 1 aromatic rings. The number of oxime groups is 2. The lowest BCUT2D eigenvalue weighted by molar-refractivity contribution is -0.113. The first-order valence-corrected chi connectivity index (χ1v) is 6.70.